The number of aryl methyl sites for hydroxylation is 1. The van der Waals surface area contributed by atoms with Crippen molar-refractivity contribution in [1.82, 2.24) is 18.7 Å². The van der Waals surface area contributed by atoms with E-state index in [0.29, 0.717) is 11.3 Å². The number of benzene rings is 1. The maximum absolute atomic E-state index is 13.0. The van der Waals surface area contributed by atoms with Gasteiger partial charge in [0.25, 0.3) is 5.56 Å². The predicted molar refractivity (Wildman–Crippen MR) is 123 cm³/mol. The van der Waals surface area contributed by atoms with Gasteiger partial charge in [0.2, 0.25) is 0 Å². The molecule has 1 aromatic carbocycles. The molecule has 0 aliphatic carbocycles. The fraction of sp³-hybridized carbons (Fsp3) is 0.333. The second kappa shape index (κ2) is 9.09. The molecule has 2 heterocycles. The number of imidazole rings is 1. The van der Waals surface area contributed by atoms with Gasteiger partial charge in [-0.1, -0.05) is 17.9 Å². The van der Waals surface area contributed by atoms with Gasteiger partial charge in [-0.15, -0.1) is 6.42 Å². The fourth-order valence-corrected chi connectivity index (χ4v) is 2.99. The van der Waals surface area contributed by atoms with Gasteiger partial charge in [-0.3, -0.25) is 9.59 Å². The first-order chi connectivity index (χ1) is 15.6. The molecule has 0 bridgehead atoms. The number of terminal acetylenes is 1. The molecule has 0 fully saturated rings. The van der Waals surface area contributed by atoms with Crippen molar-refractivity contribution in [3.63, 3.8) is 0 Å². The fourth-order valence-electron chi connectivity index (χ4n) is 2.99. The van der Waals surface area contributed by atoms with Crippen LogP contribution >= 0.6 is 0 Å². The zero-order chi connectivity index (χ0) is 24.3. The van der Waals surface area contributed by atoms with Crippen molar-refractivity contribution in [2.24, 2.45) is 12.5 Å². The number of methoxy groups -OCH3 is 1. The summed E-state index contributed by atoms with van der Waals surface area (Å²) in [5, 5.41) is 0. The Labute approximate surface area is 190 Å². The average Bonchev–Trinajstić information content (AvgIpc) is 3.10. The molecule has 9 nitrogen and oxygen atoms in total. The number of rotatable bonds is 4. The number of ether oxygens (including phenoxy) is 2. The van der Waals surface area contributed by atoms with E-state index < -0.39 is 29.4 Å². The summed E-state index contributed by atoms with van der Waals surface area (Å²) >= 11 is 0. The highest BCUT2D eigenvalue weighted by molar-refractivity contribution is 5.75. The van der Waals surface area contributed by atoms with Crippen LogP contribution < -0.4 is 16.0 Å². The SMILES string of the molecule is C#CCn1c(=O)c2c(nc(C#Cc3cccc(OC)c3)n2C)n(COC(=O)C(C)(C)C)c1=O. The Morgan fingerprint density at radius 2 is 1.91 bits per heavy atom. The van der Waals surface area contributed by atoms with Gasteiger partial charge in [0.1, 0.15) is 5.75 Å². The van der Waals surface area contributed by atoms with Crippen molar-refractivity contribution in [3.05, 3.63) is 56.5 Å². The summed E-state index contributed by atoms with van der Waals surface area (Å²) in [6.07, 6.45) is 5.35. The number of hydrogen-bond acceptors (Lipinski definition) is 6. The summed E-state index contributed by atoms with van der Waals surface area (Å²) < 4.78 is 14.0. The maximum atomic E-state index is 13.0. The molecule has 0 unspecified atom stereocenters. The van der Waals surface area contributed by atoms with Crippen molar-refractivity contribution in [3.8, 4) is 29.9 Å². The normalized spacial score (nSPS) is 10.9. The molecule has 3 rings (SSSR count). The zero-order valence-corrected chi connectivity index (χ0v) is 19.1. The highest BCUT2D eigenvalue weighted by Gasteiger charge is 2.25. The molecular formula is C24H24N4O5. The van der Waals surface area contributed by atoms with Gasteiger partial charge >= 0.3 is 11.7 Å². The summed E-state index contributed by atoms with van der Waals surface area (Å²) in [5.74, 6) is 8.59. The monoisotopic (exact) mass is 448 g/mol. The van der Waals surface area contributed by atoms with E-state index >= 15 is 0 Å². The summed E-state index contributed by atoms with van der Waals surface area (Å²) in [4.78, 5) is 42.6. The molecule has 0 amide bonds. The standard InChI is InChI=1S/C24H24N4O5/c1-7-13-27-21(29)19-20(28(23(27)31)15-33-22(30)24(2,3)4)25-18(26(19)5)12-11-16-9-8-10-17(14-16)32-6/h1,8-10,14H,13,15H2,2-6H3. The van der Waals surface area contributed by atoms with Gasteiger partial charge in [0.15, 0.2) is 23.7 Å². The second-order valence-electron chi connectivity index (χ2n) is 8.27. The number of carbonyl (C=O) groups excluding carboxylic acids is 1. The van der Waals surface area contributed by atoms with Crippen LogP contribution in [-0.2, 0) is 29.9 Å². The first-order valence-corrected chi connectivity index (χ1v) is 10.0. The lowest BCUT2D eigenvalue weighted by Gasteiger charge is -2.17. The minimum atomic E-state index is -0.770. The molecule has 0 aliphatic heterocycles. The Hall–Kier alpha value is -4.24. The van der Waals surface area contributed by atoms with E-state index in [9.17, 15) is 14.4 Å². The third-order valence-corrected chi connectivity index (χ3v) is 4.82. The van der Waals surface area contributed by atoms with Crippen molar-refractivity contribution in [2.45, 2.75) is 34.0 Å². The third kappa shape index (κ3) is 4.68. The van der Waals surface area contributed by atoms with Crippen molar-refractivity contribution >= 4 is 17.1 Å². The number of fused-ring (bicyclic) bond motifs is 1. The van der Waals surface area contributed by atoms with Crippen LogP contribution in [-0.4, -0.2) is 31.8 Å². The lowest BCUT2D eigenvalue weighted by atomic mass is 9.98. The number of nitrogens with zero attached hydrogens (tertiary/aromatic N) is 4. The summed E-state index contributed by atoms with van der Waals surface area (Å²) in [6, 6.07) is 7.17. The van der Waals surface area contributed by atoms with Crippen LogP contribution in [0.5, 0.6) is 5.75 Å². The maximum Gasteiger partial charge on any atom is 0.336 e. The lowest BCUT2D eigenvalue weighted by molar-refractivity contribution is -0.156. The van der Waals surface area contributed by atoms with Crippen LogP contribution in [0.3, 0.4) is 0 Å². The van der Waals surface area contributed by atoms with E-state index in [4.69, 9.17) is 15.9 Å². The quantitative estimate of drug-likeness (QED) is 0.443. The Kier molecular flexibility index (Phi) is 6.45. The van der Waals surface area contributed by atoms with Crippen LogP contribution in [0.1, 0.15) is 32.2 Å². The number of carbonyl (C=O) groups is 1. The number of aromatic nitrogens is 4. The first-order valence-electron chi connectivity index (χ1n) is 10.0. The van der Waals surface area contributed by atoms with Crippen LogP contribution in [0.4, 0.5) is 0 Å². The van der Waals surface area contributed by atoms with Gasteiger partial charge < -0.3 is 14.0 Å². The van der Waals surface area contributed by atoms with E-state index in [1.807, 2.05) is 0 Å². The molecule has 33 heavy (non-hydrogen) atoms. The third-order valence-electron chi connectivity index (χ3n) is 4.82. The van der Waals surface area contributed by atoms with E-state index in [-0.39, 0.29) is 23.5 Å². The van der Waals surface area contributed by atoms with E-state index in [1.165, 1.54) is 4.57 Å². The van der Waals surface area contributed by atoms with E-state index in [0.717, 1.165) is 9.13 Å². The Morgan fingerprint density at radius 1 is 1.18 bits per heavy atom. The van der Waals surface area contributed by atoms with Crippen LogP contribution in [0.2, 0.25) is 0 Å². The Balaban J connectivity index is 2.17. The highest BCUT2D eigenvalue weighted by Crippen LogP contribution is 2.16. The summed E-state index contributed by atoms with van der Waals surface area (Å²) in [6.45, 7) is 4.42. The van der Waals surface area contributed by atoms with Gasteiger partial charge in [-0.2, -0.15) is 0 Å². The van der Waals surface area contributed by atoms with Crippen LogP contribution in [0.15, 0.2) is 33.9 Å². The highest BCUT2D eigenvalue weighted by atomic mass is 16.5. The molecule has 0 aliphatic rings. The summed E-state index contributed by atoms with van der Waals surface area (Å²) in [5.41, 5.74) is -1.24. The molecule has 0 atom stereocenters. The molecule has 0 saturated heterocycles. The molecule has 0 spiro atoms. The topological polar surface area (TPSA) is 97.3 Å². The van der Waals surface area contributed by atoms with Gasteiger partial charge in [0.05, 0.1) is 19.1 Å². The average molecular weight is 448 g/mol. The minimum Gasteiger partial charge on any atom is -0.497 e. The molecule has 0 saturated carbocycles. The van der Waals surface area contributed by atoms with Crippen LogP contribution in [0, 0.1) is 29.6 Å². The van der Waals surface area contributed by atoms with Gasteiger partial charge in [0, 0.05) is 12.6 Å². The largest absolute Gasteiger partial charge is 0.497 e. The number of hydrogen-bond donors (Lipinski definition) is 0. The minimum absolute atomic E-state index is 0.0532. The molecule has 2 aromatic heterocycles. The van der Waals surface area contributed by atoms with Gasteiger partial charge in [-0.05, 0) is 44.9 Å². The predicted octanol–water partition coefficient (Wildman–Crippen LogP) is 1.49. The Bertz CT molecular complexity index is 1450. The lowest BCUT2D eigenvalue weighted by Crippen LogP contribution is -2.41. The van der Waals surface area contributed by atoms with Crippen molar-refractivity contribution in [2.75, 3.05) is 7.11 Å². The van der Waals surface area contributed by atoms with Crippen LogP contribution in [0.25, 0.3) is 11.2 Å². The van der Waals surface area contributed by atoms with Crippen molar-refractivity contribution in [1.29, 1.82) is 0 Å². The molecule has 3 aromatic rings. The summed E-state index contributed by atoms with van der Waals surface area (Å²) in [7, 11) is 3.17. The Morgan fingerprint density at radius 3 is 2.55 bits per heavy atom. The molecule has 0 N–H and O–H groups in total. The van der Waals surface area contributed by atoms with Gasteiger partial charge in [-0.25, -0.2) is 18.9 Å². The number of esters is 1. The zero-order valence-electron chi connectivity index (χ0n) is 19.1. The molecule has 9 heteroatoms. The molecular weight excluding hydrogens is 424 g/mol. The molecule has 0 radical (unpaired) electrons. The first kappa shape index (κ1) is 23.4. The van der Waals surface area contributed by atoms with E-state index in [2.05, 4.69) is 22.7 Å². The second-order valence-corrected chi connectivity index (χ2v) is 8.27. The van der Waals surface area contributed by atoms with E-state index in [1.54, 1.807) is 59.2 Å². The van der Waals surface area contributed by atoms with Crippen molar-refractivity contribution < 1.29 is 14.3 Å². The molecule has 170 valence electrons. The smallest absolute Gasteiger partial charge is 0.336 e.